The second-order valence-corrected chi connectivity index (χ2v) is 4.36. The van der Waals surface area contributed by atoms with Crippen LogP contribution in [0.25, 0.3) is 0 Å². The Balaban J connectivity index is 2.71. The Morgan fingerprint density at radius 1 is 1.50 bits per heavy atom. The lowest BCUT2D eigenvalue weighted by Gasteiger charge is -2.08. The van der Waals surface area contributed by atoms with Gasteiger partial charge in [-0.2, -0.15) is 5.26 Å². The Hall–Kier alpha value is -1.47. The molecule has 1 aromatic carbocycles. The van der Waals surface area contributed by atoms with Crippen LogP contribution in [0.2, 0.25) is 0 Å². The molecule has 16 heavy (non-hydrogen) atoms. The molecule has 0 unspecified atom stereocenters. The fourth-order valence-electron chi connectivity index (χ4n) is 1.17. The van der Waals surface area contributed by atoms with Gasteiger partial charge in [0.25, 0.3) is 0 Å². The number of hydrogen-bond donors (Lipinski definition) is 1. The summed E-state index contributed by atoms with van der Waals surface area (Å²) in [5, 5.41) is 11.1. The minimum atomic E-state index is -0.257. The summed E-state index contributed by atoms with van der Waals surface area (Å²) in [5.41, 5.74) is 0.793. The average molecular weight is 234 g/mol. The number of anilines is 1. The summed E-state index contributed by atoms with van der Waals surface area (Å²) in [6, 6.07) is 9.48. The van der Waals surface area contributed by atoms with Crippen LogP contribution >= 0.6 is 11.8 Å². The van der Waals surface area contributed by atoms with E-state index in [9.17, 15) is 4.79 Å². The number of hydrogen-bond acceptors (Lipinski definition) is 3. The van der Waals surface area contributed by atoms with Crippen LogP contribution in [0.3, 0.4) is 0 Å². The molecule has 84 valence electrons. The van der Waals surface area contributed by atoms with Crippen LogP contribution in [0.15, 0.2) is 29.2 Å². The molecule has 0 fully saturated rings. The maximum atomic E-state index is 11.3. The maximum absolute atomic E-state index is 11.3. The molecule has 1 rings (SSSR count). The summed E-state index contributed by atoms with van der Waals surface area (Å²) in [6.45, 7) is 2.11. The van der Waals surface area contributed by atoms with Crippen molar-refractivity contribution in [3.63, 3.8) is 0 Å². The summed E-state index contributed by atoms with van der Waals surface area (Å²) < 4.78 is 0. The van der Waals surface area contributed by atoms with E-state index in [2.05, 4.69) is 12.2 Å². The van der Waals surface area contributed by atoms with Crippen LogP contribution < -0.4 is 5.32 Å². The van der Waals surface area contributed by atoms with Gasteiger partial charge in [-0.25, -0.2) is 0 Å². The third kappa shape index (κ3) is 3.95. The van der Waals surface area contributed by atoms with E-state index >= 15 is 0 Å². The van der Waals surface area contributed by atoms with Crippen LogP contribution in [0.4, 0.5) is 5.69 Å². The molecular weight excluding hydrogens is 220 g/mol. The molecule has 0 heterocycles. The molecule has 0 aromatic heterocycles. The quantitative estimate of drug-likeness (QED) is 0.797. The lowest BCUT2D eigenvalue weighted by atomic mass is 10.3. The van der Waals surface area contributed by atoms with Gasteiger partial charge < -0.3 is 5.32 Å². The van der Waals surface area contributed by atoms with Gasteiger partial charge in [-0.15, -0.1) is 11.8 Å². The van der Waals surface area contributed by atoms with Crippen molar-refractivity contribution in [1.29, 1.82) is 5.26 Å². The number of amides is 1. The zero-order chi connectivity index (χ0) is 11.8. The predicted octanol–water partition coefficient (Wildman–Crippen LogP) is 3.04. The van der Waals surface area contributed by atoms with E-state index in [1.807, 2.05) is 30.3 Å². The molecule has 0 saturated heterocycles. The van der Waals surface area contributed by atoms with Crippen molar-refractivity contribution in [2.45, 2.75) is 24.7 Å². The first kappa shape index (κ1) is 12.6. The van der Waals surface area contributed by atoms with Crippen molar-refractivity contribution >= 4 is 23.4 Å². The highest BCUT2D eigenvalue weighted by molar-refractivity contribution is 7.99. The van der Waals surface area contributed by atoms with Gasteiger partial charge in [0.2, 0.25) is 5.91 Å². The van der Waals surface area contributed by atoms with E-state index in [1.54, 1.807) is 11.8 Å². The van der Waals surface area contributed by atoms with E-state index in [1.165, 1.54) is 0 Å². The fourth-order valence-corrected chi connectivity index (χ4v) is 2.05. The lowest BCUT2D eigenvalue weighted by molar-refractivity contribution is -0.115. The maximum Gasteiger partial charge on any atom is 0.238 e. The summed E-state index contributed by atoms with van der Waals surface area (Å²) in [7, 11) is 0. The van der Waals surface area contributed by atoms with E-state index in [0.29, 0.717) is 0 Å². The van der Waals surface area contributed by atoms with Crippen molar-refractivity contribution in [1.82, 2.24) is 0 Å². The highest BCUT2D eigenvalue weighted by Crippen LogP contribution is 2.27. The van der Waals surface area contributed by atoms with Crippen LogP contribution in [0, 0.1) is 11.3 Å². The molecule has 3 nitrogen and oxygen atoms in total. The number of nitrogens with zero attached hydrogens (tertiary/aromatic N) is 1. The average Bonchev–Trinajstić information content (AvgIpc) is 2.28. The molecule has 0 aliphatic rings. The van der Waals surface area contributed by atoms with Gasteiger partial charge in [0.15, 0.2) is 0 Å². The van der Waals surface area contributed by atoms with Crippen molar-refractivity contribution in [3.8, 4) is 6.07 Å². The van der Waals surface area contributed by atoms with E-state index in [4.69, 9.17) is 5.26 Å². The minimum Gasteiger partial charge on any atom is -0.324 e. The van der Waals surface area contributed by atoms with Gasteiger partial charge >= 0.3 is 0 Å². The van der Waals surface area contributed by atoms with Gasteiger partial charge in [-0.1, -0.05) is 19.1 Å². The van der Waals surface area contributed by atoms with Crippen LogP contribution in [0.5, 0.6) is 0 Å². The Morgan fingerprint density at radius 2 is 2.25 bits per heavy atom. The van der Waals surface area contributed by atoms with Crippen LogP contribution in [-0.4, -0.2) is 11.7 Å². The van der Waals surface area contributed by atoms with Crippen LogP contribution in [-0.2, 0) is 4.79 Å². The SMILES string of the molecule is CCCSc1ccccc1NC(=O)CC#N. The molecule has 1 amide bonds. The van der Waals surface area contributed by atoms with Crippen molar-refractivity contribution < 1.29 is 4.79 Å². The number of nitrogens with one attached hydrogen (secondary N) is 1. The van der Waals surface area contributed by atoms with Crippen molar-refractivity contribution in [2.24, 2.45) is 0 Å². The molecule has 1 N–H and O–H groups in total. The zero-order valence-corrected chi connectivity index (χ0v) is 10.0. The van der Waals surface area contributed by atoms with Crippen molar-refractivity contribution in [2.75, 3.05) is 11.1 Å². The summed E-state index contributed by atoms with van der Waals surface area (Å²) in [4.78, 5) is 12.3. The van der Waals surface area contributed by atoms with E-state index in [0.717, 1.165) is 22.8 Å². The lowest BCUT2D eigenvalue weighted by Crippen LogP contribution is -2.10. The molecule has 1 aromatic rings. The molecule has 0 spiro atoms. The molecule has 0 atom stereocenters. The Bertz CT molecular complexity index is 398. The summed E-state index contributed by atoms with van der Waals surface area (Å²) in [5.74, 6) is 0.762. The molecule has 0 aliphatic heterocycles. The smallest absolute Gasteiger partial charge is 0.238 e. The Morgan fingerprint density at radius 3 is 2.94 bits per heavy atom. The highest BCUT2D eigenvalue weighted by Gasteiger charge is 2.05. The minimum absolute atomic E-state index is 0.104. The number of carbonyl (C=O) groups is 1. The summed E-state index contributed by atoms with van der Waals surface area (Å²) >= 11 is 1.71. The number of nitriles is 1. The molecule has 0 saturated carbocycles. The van der Waals surface area contributed by atoms with Crippen LogP contribution in [0.1, 0.15) is 19.8 Å². The van der Waals surface area contributed by atoms with E-state index < -0.39 is 0 Å². The summed E-state index contributed by atoms with van der Waals surface area (Å²) in [6.07, 6.45) is 0.984. The topological polar surface area (TPSA) is 52.9 Å². The first-order valence-electron chi connectivity index (χ1n) is 5.16. The fraction of sp³-hybridized carbons (Fsp3) is 0.333. The molecular formula is C12H14N2OS. The third-order valence-corrected chi connectivity index (χ3v) is 3.14. The second-order valence-electron chi connectivity index (χ2n) is 3.23. The van der Waals surface area contributed by atoms with E-state index in [-0.39, 0.29) is 12.3 Å². The molecule has 0 bridgehead atoms. The molecule has 0 aliphatic carbocycles. The molecule has 4 heteroatoms. The Kier molecular flexibility index (Phi) is 5.44. The van der Waals surface area contributed by atoms with Gasteiger partial charge in [0, 0.05) is 4.90 Å². The van der Waals surface area contributed by atoms with Gasteiger partial charge in [0.05, 0.1) is 11.8 Å². The van der Waals surface area contributed by atoms with Gasteiger partial charge in [-0.3, -0.25) is 4.79 Å². The first-order chi connectivity index (χ1) is 7.77. The number of benzene rings is 1. The first-order valence-corrected chi connectivity index (χ1v) is 6.15. The number of rotatable bonds is 5. The molecule has 0 radical (unpaired) electrons. The third-order valence-electron chi connectivity index (χ3n) is 1.86. The van der Waals surface area contributed by atoms with Crippen molar-refractivity contribution in [3.05, 3.63) is 24.3 Å². The largest absolute Gasteiger partial charge is 0.324 e. The number of para-hydroxylation sites is 1. The monoisotopic (exact) mass is 234 g/mol. The second kappa shape index (κ2) is 6.91. The predicted molar refractivity (Wildman–Crippen MR) is 66.3 cm³/mol. The normalized spacial score (nSPS) is 9.50. The standard InChI is InChI=1S/C12H14N2OS/c1-2-9-16-11-6-4-3-5-10(11)14-12(15)7-8-13/h3-6H,2,7,9H2,1H3,(H,14,15). The van der Waals surface area contributed by atoms with Gasteiger partial charge in [0.1, 0.15) is 6.42 Å². The highest BCUT2D eigenvalue weighted by atomic mass is 32.2. The van der Waals surface area contributed by atoms with Gasteiger partial charge in [-0.05, 0) is 24.3 Å². The number of thioether (sulfide) groups is 1. The zero-order valence-electron chi connectivity index (χ0n) is 9.19. The Labute approximate surface area is 99.8 Å². The number of carbonyl (C=O) groups excluding carboxylic acids is 1.